The van der Waals surface area contributed by atoms with E-state index in [1.165, 1.54) is 0 Å². The highest BCUT2D eigenvalue weighted by Gasteiger charge is 2.35. The van der Waals surface area contributed by atoms with Crippen molar-refractivity contribution in [1.82, 2.24) is 30.0 Å². The first-order chi connectivity index (χ1) is 11.7. The lowest BCUT2D eigenvalue weighted by atomic mass is 10.2. The normalized spacial score (nSPS) is 21.6. The van der Waals surface area contributed by atoms with Gasteiger partial charge in [-0.3, -0.25) is 10.00 Å². The molecular weight excluding hydrogens is 304 g/mol. The quantitative estimate of drug-likeness (QED) is 0.791. The topological polar surface area (TPSA) is 79.8 Å². The second-order valence-corrected chi connectivity index (χ2v) is 6.15. The average molecular weight is 324 g/mol. The van der Waals surface area contributed by atoms with Crippen LogP contribution in [0, 0.1) is 6.92 Å². The fourth-order valence-corrected chi connectivity index (χ4v) is 3.41. The summed E-state index contributed by atoms with van der Waals surface area (Å²) in [5.74, 6) is 1.69. The Bertz CT molecular complexity index is 834. The van der Waals surface area contributed by atoms with Crippen molar-refractivity contribution >= 4 is 10.9 Å². The van der Waals surface area contributed by atoms with Gasteiger partial charge in [0, 0.05) is 24.7 Å². The molecule has 4 rings (SSSR count). The van der Waals surface area contributed by atoms with Crippen molar-refractivity contribution in [3.8, 4) is 0 Å². The summed E-state index contributed by atoms with van der Waals surface area (Å²) in [5, 5.41) is 8.06. The maximum atomic E-state index is 5.56. The molecule has 2 aromatic heterocycles. The van der Waals surface area contributed by atoms with Crippen LogP contribution < -0.4 is 0 Å². The number of nitrogens with one attached hydrogen (secondary N) is 1. The number of fused-ring (bicyclic) bond motifs is 1. The summed E-state index contributed by atoms with van der Waals surface area (Å²) >= 11 is 0. The number of aromatic nitrogens is 5. The largest absolute Gasteiger partial charge is 0.380 e. The average Bonchev–Trinajstić information content (AvgIpc) is 3.24. The second kappa shape index (κ2) is 6.26. The first kappa shape index (κ1) is 15.2. The van der Waals surface area contributed by atoms with E-state index in [9.17, 15) is 0 Å². The number of hydrogen-bond donors (Lipinski definition) is 1. The Morgan fingerprint density at radius 2 is 2.17 bits per heavy atom. The van der Waals surface area contributed by atoms with E-state index in [2.05, 4.69) is 26.1 Å². The number of H-pyrrole nitrogens is 1. The third-order valence-electron chi connectivity index (χ3n) is 4.63. The van der Waals surface area contributed by atoms with Crippen molar-refractivity contribution in [3.63, 3.8) is 0 Å². The first-order valence-electron chi connectivity index (χ1n) is 8.09. The molecule has 124 valence electrons. The Morgan fingerprint density at radius 3 is 2.96 bits per heavy atom. The number of aromatic amines is 1. The van der Waals surface area contributed by atoms with E-state index in [1.807, 2.05) is 25.1 Å². The summed E-state index contributed by atoms with van der Waals surface area (Å²) in [6.45, 7) is 3.53. The zero-order chi connectivity index (χ0) is 16.5. The van der Waals surface area contributed by atoms with Gasteiger partial charge in [0.05, 0.1) is 24.2 Å². The van der Waals surface area contributed by atoms with Crippen LogP contribution in [0.25, 0.3) is 10.9 Å². The van der Waals surface area contributed by atoms with Crippen molar-refractivity contribution in [2.75, 3.05) is 13.7 Å². The van der Waals surface area contributed by atoms with E-state index in [0.717, 1.165) is 41.2 Å². The molecule has 3 aromatic rings. The van der Waals surface area contributed by atoms with Gasteiger partial charge in [0.2, 0.25) is 0 Å². The minimum absolute atomic E-state index is 0.146. The molecule has 0 aliphatic carbocycles. The molecule has 1 aromatic carbocycles. The molecule has 3 heterocycles. The Kier molecular flexibility index (Phi) is 3.95. The van der Waals surface area contributed by atoms with Gasteiger partial charge in [0.15, 0.2) is 0 Å². The lowest BCUT2D eigenvalue weighted by Crippen LogP contribution is -2.26. The van der Waals surface area contributed by atoms with Gasteiger partial charge < -0.3 is 4.74 Å². The Balaban J connectivity index is 1.63. The van der Waals surface area contributed by atoms with Crippen LogP contribution in [-0.2, 0) is 11.3 Å². The van der Waals surface area contributed by atoms with Crippen LogP contribution >= 0.6 is 0 Å². The number of para-hydroxylation sites is 1. The van der Waals surface area contributed by atoms with Crippen molar-refractivity contribution in [2.24, 2.45) is 0 Å². The number of methoxy groups -OCH3 is 1. The molecule has 0 radical (unpaired) electrons. The zero-order valence-corrected chi connectivity index (χ0v) is 13.8. The van der Waals surface area contributed by atoms with Gasteiger partial charge in [0.25, 0.3) is 0 Å². The van der Waals surface area contributed by atoms with Crippen molar-refractivity contribution in [3.05, 3.63) is 47.9 Å². The molecular formula is C17H20N6O. The van der Waals surface area contributed by atoms with E-state index in [1.54, 1.807) is 13.4 Å². The van der Waals surface area contributed by atoms with E-state index < -0.39 is 0 Å². The number of aryl methyl sites for hydroxylation is 1. The molecule has 1 fully saturated rings. The number of nitrogens with zero attached hydrogens (tertiary/aromatic N) is 5. The van der Waals surface area contributed by atoms with Gasteiger partial charge in [0.1, 0.15) is 18.0 Å². The molecule has 1 aliphatic heterocycles. The molecule has 1 aliphatic rings. The van der Waals surface area contributed by atoms with Crippen LogP contribution in [0.2, 0.25) is 0 Å². The number of hydrogen-bond acceptors (Lipinski definition) is 6. The molecule has 7 nitrogen and oxygen atoms in total. The summed E-state index contributed by atoms with van der Waals surface area (Å²) in [4.78, 5) is 16.0. The van der Waals surface area contributed by atoms with Crippen LogP contribution in [0.15, 0.2) is 30.6 Å². The third-order valence-corrected chi connectivity index (χ3v) is 4.63. The highest BCUT2D eigenvalue weighted by atomic mass is 16.5. The fourth-order valence-electron chi connectivity index (χ4n) is 3.41. The molecule has 0 unspecified atom stereocenters. The number of benzene rings is 1. The Labute approximate surface area is 140 Å². The summed E-state index contributed by atoms with van der Waals surface area (Å²) in [5.41, 5.74) is 1.99. The highest BCUT2D eigenvalue weighted by Crippen LogP contribution is 2.32. The minimum atomic E-state index is 0.146. The van der Waals surface area contributed by atoms with Gasteiger partial charge in [-0.1, -0.05) is 18.2 Å². The molecule has 2 atom stereocenters. The maximum Gasteiger partial charge on any atom is 0.143 e. The molecule has 7 heteroatoms. The van der Waals surface area contributed by atoms with Crippen LogP contribution in [0.1, 0.15) is 29.8 Å². The smallest absolute Gasteiger partial charge is 0.143 e. The van der Waals surface area contributed by atoms with E-state index in [0.29, 0.717) is 6.54 Å². The molecule has 1 N–H and O–H groups in total. The van der Waals surface area contributed by atoms with Gasteiger partial charge >= 0.3 is 0 Å². The van der Waals surface area contributed by atoms with Crippen LogP contribution in [0.3, 0.4) is 0 Å². The number of ether oxygens (including phenoxy) is 1. The van der Waals surface area contributed by atoms with Gasteiger partial charge in [-0.2, -0.15) is 5.10 Å². The van der Waals surface area contributed by atoms with E-state index in [-0.39, 0.29) is 12.1 Å². The zero-order valence-electron chi connectivity index (χ0n) is 13.8. The second-order valence-electron chi connectivity index (χ2n) is 6.15. The Morgan fingerprint density at radius 1 is 1.29 bits per heavy atom. The predicted molar refractivity (Wildman–Crippen MR) is 89.2 cm³/mol. The van der Waals surface area contributed by atoms with Crippen LogP contribution in [0.4, 0.5) is 0 Å². The minimum Gasteiger partial charge on any atom is -0.380 e. The van der Waals surface area contributed by atoms with Gasteiger partial charge in [-0.05, 0) is 19.4 Å². The molecule has 24 heavy (non-hydrogen) atoms. The lowest BCUT2D eigenvalue weighted by Gasteiger charge is -2.21. The summed E-state index contributed by atoms with van der Waals surface area (Å²) in [7, 11) is 1.75. The van der Waals surface area contributed by atoms with Gasteiger partial charge in [-0.15, -0.1) is 0 Å². The van der Waals surface area contributed by atoms with Crippen molar-refractivity contribution in [2.45, 2.75) is 32.0 Å². The summed E-state index contributed by atoms with van der Waals surface area (Å²) in [6, 6.07) is 8.26. The highest BCUT2D eigenvalue weighted by molar-refractivity contribution is 5.80. The monoisotopic (exact) mass is 324 g/mol. The van der Waals surface area contributed by atoms with E-state index >= 15 is 0 Å². The first-order valence-corrected chi connectivity index (χ1v) is 8.09. The molecule has 0 amide bonds. The van der Waals surface area contributed by atoms with Gasteiger partial charge in [-0.25, -0.2) is 15.0 Å². The molecule has 0 spiro atoms. The lowest BCUT2D eigenvalue weighted by molar-refractivity contribution is 0.107. The van der Waals surface area contributed by atoms with E-state index in [4.69, 9.17) is 14.7 Å². The predicted octanol–water partition coefficient (Wildman–Crippen LogP) is 2.02. The molecule has 0 saturated carbocycles. The SMILES string of the molecule is CO[C@@H]1C[C@@H](c2ncn[nH]2)N(Cc2nc(C)c3ccccc3n2)C1. The fraction of sp³-hybridized carbons (Fsp3) is 0.412. The van der Waals surface area contributed by atoms with Crippen LogP contribution in [0.5, 0.6) is 0 Å². The molecule has 0 bridgehead atoms. The number of likely N-dealkylation sites (tertiary alicyclic amines) is 1. The van der Waals surface area contributed by atoms with Crippen molar-refractivity contribution < 1.29 is 4.74 Å². The maximum absolute atomic E-state index is 5.56. The van der Waals surface area contributed by atoms with Crippen LogP contribution in [-0.4, -0.2) is 49.8 Å². The summed E-state index contributed by atoms with van der Waals surface area (Å²) in [6.07, 6.45) is 2.62. The number of rotatable bonds is 4. The standard InChI is InChI=1S/C17H20N6O/c1-11-13-5-3-4-6-14(13)21-16(20-11)9-23-8-12(24-2)7-15(23)17-18-10-19-22-17/h3-6,10,12,15H,7-9H2,1-2H3,(H,18,19,22)/t12-,15+/m1/s1. The molecule has 1 saturated heterocycles. The third kappa shape index (κ3) is 2.76. The Hall–Kier alpha value is -2.38. The van der Waals surface area contributed by atoms with Crippen molar-refractivity contribution in [1.29, 1.82) is 0 Å². The summed E-state index contributed by atoms with van der Waals surface area (Å²) < 4.78 is 5.56.